The molecule has 0 saturated heterocycles. The fourth-order valence-electron chi connectivity index (χ4n) is 3.16. The number of aryl methyl sites for hydroxylation is 1. The van der Waals surface area contributed by atoms with Gasteiger partial charge in [0.25, 0.3) is 11.1 Å². The first-order chi connectivity index (χ1) is 14.5. The highest BCUT2D eigenvalue weighted by atomic mass is 19.1. The van der Waals surface area contributed by atoms with Gasteiger partial charge in [-0.05, 0) is 29.8 Å². The predicted molar refractivity (Wildman–Crippen MR) is 109 cm³/mol. The molecule has 2 heterocycles. The van der Waals surface area contributed by atoms with Gasteiger partial charge in [0.05, 0.1) is 6.33 Å². The number of aromatic nitrogens is 3. The Morgan fingerprint density at radius 2 is 1.87 bits per heavy atom. The number of fused-ring (bicyclic) bond motifs is 1. The van der Waals surface area contributed by atoms with Crippen molar-refractivity contribution in [2.24, 2.45) is 0 Å². The molecule has 0 atom stereocenters. The molecule has 7 nitrogen and oxygen atoms in total. The number of halogens is 1. The van der Waals surface area contributed by atoms with Gasteiger partial charge in [0.1, 0.15) is 17.0 Å². The van der Waals surface area contributed by atoms with E-state index in [1.54, 1.807) is 24.1 Å². The van der Waals surface area contributed by atoms with E-state index in [2.05, 4.69) is 10.1 Å². The Balaban J connectivity index is 1.48. The van der Waals surface area contributed by atoms with Gasteiger partial charge in [0.15, 0.2) is 0 Å². The fourth-order valence-corrected chi connectivity index (χ4v) is 3.16. The number of rotatable bonds is 6. The quantitative estimate of drug-likeness (QED) is 0.491. The van der Waals surface area contributed by atoms with Crippen LogP contribution in [-0.2, 0) is 17.9 Å². The van der Waals surface area contributed by atoms with E-state index in [9.17, 15) is 14.0 Å². The molecule has 0 bridgehead atoms. The predicted octanol–water partition coefficient (Wildman–Crippen LogP) is 3.24. The van der Waals surface area contributed by atoms with Crippen molar-refractivity contribution in [3.05, 3.63) is 82.7 Å². The van der Waals surface area contributed by atoms with Gasteiger partial charge in [-0.3, -0.25) is 14.2 Å². The highest BCUT2D eigenvalue weighted by Crippen LogP contribution is 2.24. The molecule has 2 aromatic carbocycles. The van der Waals surface area contributed by atoms with Crippen LogP contribution in [0.25, 0.3) is 22.4 Å². The second-order valence-electron chi connectivity index (χ2n) is 6.94. The van der Waals surface area contributed by atoms with Crippen molar-refractivity contribution in [3.63, 3.8) is 0 Å². The van der Waals surface area contributed by atoms with E-state index < -0.39 is 5.56 Å². The van der Waals surface area contributed by atoms with Crippen molar-refractivity contribution in [3.8, 4) is 11.3 Å². The molecule has 30 heavy (non-hydrogen) atoms. The van der Waals surface area contributed by atoms with E-state index >= 15 is 0 Å². The standard InChI is InChI=1S/C22H19FN4O3/c1-26(13-15-5-3-2-4-6-15)18(28)11-12-27-14-24-20-19(25-30-21(20)22(27)29)16-7-9-17(23)10-8-16/h2-10,14H,11-13H2,1H3. The second-order valence-corrected chi connectivity index (χ2v) is 6.94. The summed E-state index contributed by atoms with van der Waals surface area (Å²) in [6.07, 6.45) is 1.52. The number of carbonyl (C=O) groups excluding carboxylic acids is 1. The fraction of sp³-hybridized carbons (Fsp3) is 0.182. The number of carbonyl (C=O) groups is 1. The third kappa shape index (κ3) is 3.98. The van der Waals surface area contributed by atoms with Crippen molar-refractivity contribution < 1.29 is 13.7 Å². The van der Waals surface area contributed by atoms with E-state index in [1.807, 2.05) is 30.3 Å². The van der Waals surface area contributed by atoms with Crippen molar-refractivity contribution in [2.75, 3.05) is 7.05 Å². The number of benzene rings is 2. The van der Waals surface area contributed by atoms with E-state index in [-0.39, 0.29) is 30.3 Å². The maximum absolute atomic E-state index is 13.1. The number of hydrogen-bond acceptors (Lipinski definition) is 5. The van der Waals surface area contributed by atoms with Gasteiger partial charge >= 0.3 is 0 Å². The zero-order valence-corrected chi connectivity index (χ0v) is 16.3. The lowest BCUT2D eigenvalue weighted by atomic mass is 10.1. The minimum absolute atomic E-state index is 0.00177. The van der Waals surface area contributed by atoms with Gasteiger partial charge < -0.3 is 9.42 Å². The van der Waals surface area contributed by atoms with E-state index in [4.69, 9.17) is 4.52 Å². The van der Waals surface area contributed by atoms with Gasteiger partial charge in [-0.15, -0.1) is 0 Å². The highest BCUT2D eigenvalue weighted by molar-refractivity contribution is 5.87. The summed E-state index contributed by atoms with van der Waals surface area (Å²) in [7, 11) is 1.73. The van der Waals surface area contributed by atoms with Crippen molar-refractivity contribution >= 4 is 17.0 Å². The normalized spacial score (nSPS) is 11.0. The first kappa shape index (κ1) is 19.5. The number of nitrogens with zero attached hydrogens (tertiary/aromatic N) is 4. The van der Waals surface area contributed by atoms with Gasteiger partial charge in [-0.1, -0.05) is 35.5 Å². The van der Waals surface area contributed by atoms with Crippen molar-refractivity contribution in [1.82, 2.24) is 19.6 Å². The molecule has 4 aromatic rings. The average molecular weight is 406 g/mol. The maximum atomic E-state index is 13.1. The molecule has 8 heteroatoms. The Bertz CT molecular complexity index is 1230. The SMILES string of the molecule is CN(Cc1ccccc1)C(=O)CCn1cnc2c(-c3ccc(F)cc3)noc2c1=O. The van der Waals surface area contributed by atoms with Crippen LogP contribution in [-0.4, -0.2) is 32.6 Å². The molecule has 0 aliphatic heterocycles. The summed E-state index contributed by atoms with van der Waals surface area (Å²) < 4.78 is 19.7. The smallest absolute Gasteiger partial charge is 0.299 e. The zero-order valence-electron chi connectivity index (χ0n) is 16.3. The van der Waals surface area contributed by atoms with Gasteiger partial charge in [-0.25, -0.2) is 9.37 Å². The van der Waals surface area contributed by atoms with Crippen LogP contribution in [0, 0.1) is 5.82 Å². The Morgan fingerprint density at radius 3 is 2.60 bits per heavy atom. The minimum Gasteiger partial charge on any atom is -0.348 e. The summed E-state index contributed by atoms with van der Waals surface area (Å²) in [4.78, 5) is 31.0. The Labute approximate surface area is 171 Å². The van der Waals surface area contributed by atoms with Crippen molar-refractivity contribution in [1.29, 1.82) is 0 Å². The van der Waals surface area contributed by atoms with Crippen LogP contribution >= 0.6 is 0 Å². The minimum atomic E-state index is -0.417. The highest BCUT2D eigenvalue weighted by Gasteiger charge is 2.17. The Morgan fingerprint density at radius 1 is 1.13 bits per heavy atom. The van der Waals surface area contributed by atoms with Crippen LogP contribution in [0.4, 0.5) is 4.39 Å². The van der Waals surface area contributed by atoms with Gasteiger partial charge in [0, 0.05) is 32.1 Å². The van der Waals surface area contributed by atoms with E-state index in [0.717, 1.165) is 5.56 Å². The molecule has 0 aliphatic rings. The van der Waals surface area contributed by atoms with Crippen LogP contribution < -0.4 is 5.56 Å². The molecule has 0 spiro atoms. The maximum Gasteiger partial charge on any atom is 0.299 e. The van der Waals surface area contributed by atoms with Crippen LogP contribution in [0.2, 0.25) is 0 Å². The van der Waals surface area contributed by atoms with Gasteiger partial charge in [0.2, 0.25) is 5.91 Å². The Hall–Kier alpha value is -3.81. The molecule has 152 valence electrons. The summed E-state index contributed by atoms with van der Waals surface area (Å²) >= 11 is 0. The molecule has 0 radical (unpaired) electrons. The summed E-state index contributed by atoms with van der Waals surface area (Å²) in [6, 6.07) is 15.4. The molecule has 0 unspecified atom stereocenters. The lowest BCUT2D eigenvalue weighted by Gasteiger charge is -2.17. The largest absolute Gasteiger partial charge is 0.348 e. The first-order valence-corrected chi connectivity index (χ1v) is 9.41. The molecule has 0 aliphatic carbocycles. The Kier molecular flexibility index (Phi) is 5.38. The molecular weight excluding hydrogens is 387 g/mol. The molecule has 4 rings (SSSR count). The molecule has 1 amide bonds. The lowest BCUT2D eigenvalue weighted by Crippen LogP contribution is -2.29. The summed E-state index contributed by atoms with van der Waals surface area (Å²) in [6.45, 7) is 0.668. The molecule has 0 N–H and O–H groups in total. The second kappa shape index (κ2) is 8.28. The molecule has 0 saturated carbocycles. The first-order valence-electron chi connectivity index (χ1n) is 9.41. The van der Waals surface area contributed by atoms with E-state index in [0.29, 0.717) is 23.3 Å². The van der Waals surface area contributed by atoms with E-state index in [1.165, 1.54) is 23.0 Å². The molecule has 2 aromatic heterocycles. The number of amides is 1. The lowest BCUT2D eigenvalue weighted by molar-refractivity contribution is -0.130. The zero-order chi connectivity index (χ0) is 21.1. The average Bonchev–Trinajstić information content (AvgIpc) is 3.19. The summed E-state index contributed by atoms with van der Waals surface area (Å²) in [5.74, 6) is -0.459. The number of hydrogen-bond donors (Lipinski definition) is 0. The van der Waals surface area contributed by atoms with Gasteiger partial charge in [-0.2, -0.15) is 0 Å². The van der Waals surface area contributed by atoms with Crippen molar-refractivity contribution in [2.45, 2.75) is 19.5 Å². The third-order valence-corrected chi connectivity index (χ3v) is 4.82. The molecule has 0 fully saturated rings. The van der Waals surface area contributed by atoms with Crippen LogP contribution in [0.15, 0.2) is 70.2 Å². The van der Waals surface area contributed by atoms with Crippen LogP contribution in [0.5, 0.6) is 0 Å². The van der Waals surface area contributed by atoms with Crippen LogP contribution in [0.1, 0.15) is 12.0 Å². The van der Waals surface area contributed by atoms with Crippen LogP contribution in [0.3, 0.4) is 0 Å². The third-order valence-electron chi connectivity index (χ3n) is 4.82. The monoisotopic (exact) mass is 406 g/mol. The molecular formula is C22H19FN4O3. The summed E-state index contributed by atoms with van der Waals surface area (Å²) in [5, 5.41) is 3.92. The summed E-state index contributed by atoms with van der Waals surface area (Å²) in [5.41, 5.74) is 1.88. The topological polar surface area (TPSA) is 81.2 Å².